The highest BCUT2D eigenvalue weighted by Gasteiger charge is 2.01. The number of nitrogens with zero attached hydrogens (tertiary/aromatic N) is 2. The van der Waals surface area contributed by atoms with Crippen LogP contribution in [0.15, 0.2) is 73.1 Å². The Bertz CT molecular complexity index is 895. The molecule has 0 unspecified atom stereocenters. The van der Waals surface area contributed by atoms with Crippen molar-refractivity contribution in [1.82, 2.24) is 9.97 Å². The van der Waals surface area contributed by atoms with Crippen molar-refractivity contribution in [3.63, 3.8) is 0 Å². The number of rotatable bonds is 6. The van der Waals surface area contributed by atoms with Crippen LogP contribution in [0.5, 0.6) is 0 Å². The van der Waals surface area contributed by atoms with Gasteiger partial charge in [0.1, 0.15) is 5.82 Å². The minimum absolute atomic E-state index is 0.249. The van der Waals surface area contributed by atoms with Gasteiger partial charge in [-0.15, -0.1) is 0 Å². The molecule has 0 fully saturated rings. The molecule has 0 saturated heterocycles. The fraction of sp³-hybridized carbons (Fsp3) is 0.0500. The molecule has 0 aliphatic rings. The first-order valence-electron chi connectivity index (χ1n) is 8.04. The fourth-order valence-electron chi connectivity index (χ4n) is 2.22. The zero-order chi connectivity index (χ0) is 18.2. The molecule has 0 atom stereocenters. The lowest BCUT2D eigenvalue weighted by atomic mass is 10.2. The van der Waals surface area contributed by atoms with Gasteiger partial charge in [-0.05, 0) is 42.0 Å². The maximum absolute atomic E-state index is 12.0. The lowest BCUT2D eigenvalue weighted by Crippen LogP contribution is -2.08. The van der Waals surface area contributed by atoms with Crippen molar-refractivity contribution in [2.24, 2.45) is 0 Å². The maximum atomic E-state index is 12.0. The van der Waals surface area contributed by atoms with E-state index in [9.17, 15) is 4.79 Å². The van der Waals surface area contributed by atoms with Crippen LogP contribution in [0, 0.1) is 0 Å². The van der Waals surface area contributed by atoms with E-state index in [0.717, 1.165) is 11.3 Å². The van der Waals surface area contributed by atoms with Crippen LogP contribution in [-0.4, -0.2) is 15.9 Å². The molecule has 0 bridgehead atoms. The molecule has 0 saturated carbocycles. The van der Waals surface area contributed by atoms with E-state index in [1.54, 1.807) is 36.7 Å². The lowest BCUT2D eigenvalue weighted by Gasteiger charge is -2.06. The Morgan fingerprint density at radius 2 is 1.88 bits per heavy atom. The molecule has 1 aromatic carbocycles. The summed E-state index contributed by atoms with van der Waals surface area (Å²) in [5.74, 6) is 0.459. The molecule has 2 heterocycles. The highest BCUT2D eigenvalue weighted by atomic mass is 35.5. The molecule has 3 aromatic rings. The quantitative estimate of drug-likeness (QED) is 0.636. The summed E-state index contributed by atoms with van der Waals surface area (Å²) in [7, 11) is 0. The molecular formula is C20H17ClN4O. The lowest BCUT2D eigenvalue weighted by molar-refractivity contribution is -0.111. The van der Waals surface area contributed by atoms with E-state index in [2.05, 4.69) is 20.6 Å². The first-order chi connectivity index (χ1) is 12.7. The predicted octanol–water partition coefficient (Wildman–Crippen LogP) is 4.39. The Kier molecular flexibility index (Phi) is 5.96. The van der Waals surface area contributed by atoms with E-state index in [1.807, 2.05) is 36.4 Å². The molecule has 3 rings (SSSR count). The molecule has 1 amide bonds. The first-order valence-corrected chi connectivity index (χ1v) is 8.42. The van der Waals surface area contributed by atoms with E-state index >= 15 is 0 Å². The molecular weight excluding hydrogens is 348 g/mol. The summed E-state index contributed by atoms with van der Waals surface area (Å²) in [6, 6.07) is 16.7. The monoisotopic (exact) mass is 364 g/mol. The summed E-state index contributed by atoms with van der Waals surface area (Å²) in [5.41, 5.74) is 2.33. The molecule has 0 spiro atoms. The van der Waals surface area contributed by atoms with Gasteiger partial charge in [0.05, 0.1) is 24.1 Å². The van der Waals surface area contributed by atoms with Gasteiger partial charge in [-0.25, -0.2) is 4.98 Å². The van der Waals surface area contributed by atoms with E-state index < -0.39 is 0 Å². The minimum atomic E-state index is -0.249. The van der Waals surface area contributed by atoms with Crippen molar-refractivity contribution in [3.05, 3.63) is 89.3 Å². The molecule has 6 heteroatoms. The van der Waals surface area contributed by atoms with Gasteiger partial charge in [-0.3, -0.25) is 9.78 Å². The molecule has 2 N–H and O–H groups in total. The van der Waals surface area contributed by atoms with Crippen LogP contribution in [0.25, 0.3) is 6.08 Å². The van der Waals surface area contributed by atoms with Crippen molar-refractivity contribution in [1.29, 1.82) is 0 Å². The Balaban J connectivity index is 1.53. The fourth-order valence-corrected chi connectivity index (χ4v) is 2.41. The van der Waals surface area contributed by atoms with Crippen LogP contribution in [0.2, 0.25) is 5.02 Å². The molecule has 130 valence electrons. The molecule has 5 nitrogen and oxygen atoms in total. The summed E-state index contributed by atoms with van der Waals surface area (Å²) >= 11 is 6.05. The third-order valence-electron chi connectivity index (χ3n) is 3.53. The van der Waals surface area contributed by atoms with Gasteiger partial charge in [0.25, 0.3) is 0 Å². The largest absolute Gasteiger partial charge is 0.364 e. The number of carbonyl (C=O) groups excluding carboxylic acids is 1. The van der Waals surface area contributed by atoms with E-state index in [1.165, 1.54) is 6.08 Å². The second kappa shape index (κ2) is 8.78. The number of halogens is 1. The topological polar surface area (TPSA) is 66.9 Å². The third kappa shape index (κ3) is 5.16. The van der Waals surface area contributed by atoms with Crippen molar-refractivity contribution < 1.29 is 4.79 Å². The number of nitrogens with one attached hydrogen (secondary N) is 2. The standard InChI is InChI=1S/C20H17ClN4O/c21-18-7-2-1-5-15(18)8-11-20(26)25-17-9-10-19(24-14-17)23-13-16-6-3-4-12-22-16/h1-12,14H,13H2,(H,23,24)(H,25,26)/b11-8+. The molecule has 0 aliphatic carbocycles. The Morgan fingerprint density at radius 3 is 2.62 bits per heavy atom. The van der Waals surface area contributed by atoms with Crippen LogP contribution >= 0.6 is 11.6 Å². The van der Waals surface area contributed by atoms with Gasteiger partial charge in [-0.1, -0.05) is 35.9 Å². The molecule has 0 aliphatic heterocycles. The number of amides is 1. The van der Waals surface area contributed by atoms with Gasteiger partial charge in [-0.2, -0.15) is 0 Å². The Hall–Kier alpha value is -3.18. The van der Waals surface area contributed by atoms with E-state index in [-0.39, 0.29) is 5.91 Å². The number of benzene rings is 1. The van der Waals surface area contributed by atoms with Crippen molar-refractivity contribution in [3.8, 4) is 0 Å². The highest BCUT2D eigenvalue weighted by molar-refractivity contribution is 6.32. The van der Waals surface area contributed by atoms with Crippen LogP contribution in [0.3, 0.4) is 0 Å². The Labute approximate surface area is 156 Å². The average Bonchev–Trinajstić information content (AvgIpc) is 2.68. The summed E-state index contributed by atoms with van der Waals surface area (Å²) in [5, 5.41) is 6.54. The number of hydrogen-bond donors (Lipinski definition) is 2. The van der Waals surface area contributed by atoms with Crippen LogP contribution < -0.4 is 10.6 Å². The van der Waals surface area contributed by atoms with E-state index in [4.69, 9.17) is 11.6 Å². The molecule has 0 radical (unpaired) electrons. The zero-order valence-electron chi connectivity index (χ0n) is 13.9. The number of pyridine rings is 2. The highest BCUT2D eigenvalue weighted by Crippen LogP contribution is 2.16. The van der Waals surface area contributed by atoms with Crippen LogP contribution in [-0.2, 0) is 11.3 Å². The van der Waals surface area contributed by atoms with Gasteiger partial charge in [0, 0.05) is 17.3 Å². The number of carbonyl (C=O) groups is 1. The third-order valence-corrected chi connectivity index (χ3v) is 3.87. The van der Waals surface area contributed by atoms with Crippen LogP contribution in [0.4, 0.5) is 11.5 Å². The van der Waals surface area contributed by atoms with Gasteiger partial charge >= 0.3 is 0 Å². The number of hydrogen-bond acceptors (Lipinski definition) is 4. The van der Waals surface area contributed by atoms with Crippen LogP contribution in [0.1, 0.15) is 11.3 Å². The summed E-state index contributed by atoms with van der Waals surface area (Å²) < 4.78 is 0. The second-order valence-corrected chi connectivity index (χ2v) is 5.86. The summed E-state index contributed by atoms with van der Waals surface area (Å²) in [4.78, 5) is 20.5. The average molecular weight is 365 g/mol. The van der Waals surface area contributed by atoms with Gasteiger partial charge < -0.3 is 10.6 Å². The summed E-state index contributed by atoms with van der Waals surface area (Å²) in [6.07, 6.45) is 6.46. The molecule has 2 aromatic heterocycles. The number of aromatic nitrogens is 2. The smallest absolute Gasteiger partial charge is 0.248 e. The zero-order valence-corrected chi connectivity index (χ0v) is 14.6. The van der Waals surface area contributed by atoms with Crippen molar-refractivity contribution in [2.75, 3.05) is 10.6 Å². The summed E-state index contributed by atoms with van der Waals surface area (Å²) in [6.45, 7) is 0.583. The predicted molar refractivity (Wildman–Crippen MR) is 105 cm³/mol. The van der Waals surface area contributed by atoms with E-state index in [0.29, 0.717) is 23.1 Å². The second-order valence-electron chi connectivity index (χ2n) is 5.45. The SMILES string of the molecule is O=C(/C=C/c1ccccc1Cl)Nc1ccc(NCc2ccccn2)nc1. The number of anilines is 2. The van der Waals surface area contributed by atoms with Crippen molar-refractivity contribution in [2.45, 2.75) is 6.54 Å². The van der Waals surface area contributed by atoms with Gasteiger partial charge in [0.2, 0.25) is 5.91 Å². The van der Waals surface area contributed by atoms with Crippen molar-refractivity contribution >= 4 is 35.1 Å². The minimum Gasteiger partial charge on any atom is -0.364 e. The maximum Gasteiger partial charge on any atom is 0.248 e. The Morgan fingerprint density at radius 1 is 1.04 bits per heavy atom. The molecule has 26 heavy (non-hydrogen) atoms. The first kappa shape index (κ1) is 17.6. The van der Waals surface area contributed by atoms with Gasteiger partial charge in [0.15, 0.2) is 0 Å². The normalized spacial score (nSPS) is 10.7.